The number of anilines is 1. The average molecular weight is 535 g/mol. The highest BCUT2D eigenvalue weighted by atomic mass is 16.5. The Labute approximate surface area is 232 Å². The molecule has 0 unspecified atom stereocenters. The number of nitrogens with one attached hydrogen (secondary N) is 1. The number of piperidine rings is 1. The van der Waals surface area contributed by atoms with Gasteiger partial charge in [-0.2, -0.15) is 0 Å². The Morgan fingerprint density at radius 1 is 0.897 bits per heavy atom. The summed E-state index contributed by atoms with van der Waals surface area (Å²) in [7, 11) is 4.71. The third-order valence-electron chi connectivity index (χ3n) is 8.36. The number of ether oxygens (including phenoxy) is 3. The van der Waals surface area contributed by atoms with E-state index in [1.807, 2.05) is 29.2 Å². The molecule has 210 valence electrons. The van der Waals surface area contributed by atoms with Crippen LogP contribution in [0, 0.1) is 11.8 Å². The molecule has 0 atom stereocenters. The van der Waals surface area contributed by atoms with Crippen LogP contribution in [0.3, 0.4) is 0 Å². The van der Waals surface area contributed by atoms with Crippen LogP contribution in [0.2, 0.25) is 0 Å². The SMILES string of the molecule is CCC1CCC(C(=O)Nc2ccc(C3CCN(C(=O)/C=C/c4cc(OC)c(OC)c(OC)c4)CC3)cc2)CC1. The molecule has 1 saturated carbocycles. The molecule has 4 rings (SSSR count). The summed E-state index contributed by atoms with van der Waals surface area (Å²) in [5.41, 5.74) is 2.93. The molecule has 1 N–H and O–H groups in total. The quantitative estimate of drug-likeness (QED) is 0.383. The zero-order valence-corrected chi connectivity index (χ0v) is 23.7. The third-order valence-corrected chi connectivity index (χ3v) is 8.36. The molecule has 1 aliphatic heterocycles. The van der Waals surface area contributed by atoms with Gasteiger partial charge in [0.2, 0.25) is 17.6 Å². The Hall–Kier alpha value is -3.48. The summed E-state index contributed by atoms with van der Waals surface area (Å²) in [4.78, 5) is 27.5. The van der Waals surface area contributed by atoms with Gasteiger partial charge in [0.25, 0.3) is 0 Å². The van der Waals surface area contributed by atoms with Crippen molar-refractivity contribution in [2.75, 3.05) is 39.7 Å². The van der Waals surface area contributed by atoms with Crippen LogP contribution in [0.15, 0.2) is 42.5 Å². The van der Waals surface area contributed by atoms with Crippen molar-refractivity contribution in [3.05, 3.63) is 53.6 Å². The number of methoxy groups -OCH3 is 3. The molecule has 2 aromatic carbocycles. The topological polar surface area (TPSA) is 77.1 Å². The molecule has 1 saturated heterocycles. The smallest absolute Gasteiger partial charge is 0.246 e. The monoisotopic (exact) mass is 534 g/mol. The summed E-state index contributed by atoms with van der Waals surface area (Å²) in [6, 6.07) is 11.9. The summed E-state index contributed by atoms with van der Waals surface area (Å²) in [6.07, 6.45) is 10.7. The fourth-order valence-corrected chi connectivity index (χ4v) is 5.82. The van der Waals surface area contributed by atoms with E-state index < -0.39 is 0 Å². The molecule has 1 aliphatic carbocycles. The average Bonchev–Trinajstić information content (AvgIpc) is 2.99. The molecule has 0 spiro atoms. The van der Waals surface area contributed by atoms with Gasteiger partial charge in [0, 0.05) is 30.8 Å². The Balaban J connectivity index is 1.27. The molecule has 2 fully saturated rings. The Morgan fingerprint density at radius 3 is 2.05 bits per heavy atom. The highest BCUT2D eigenvalue weighted by Gasteiger charge is 2.26. The van der Waals surface area contributed by atoms with E-state index in [0.29, 0.717) is 36.3 Å². The maximum Gasteiger partial charge on any atom is 0.246 e. The molecule has 1 heterocycles. The van der Waals surface area contributed by atoms with Gasteiger partial charge in [-0.3, -0.25) is 9.59 Å². The van der Waals surface area contributed by atoms with Crippen molar-refractivity contribution in [3.63, 3.8) is 0 Å². The second-order valence-electron chi connectivity index (χ2n) is 10.6. The Kier molecular flexibility index (Phi) is 9.90. The molecular formula is C32H42N2O5. The lowest BCUT2D eigenvalue weighted by atomic mass is 9.80. The molecule has 0 radical (unpaired) electrons. The minimum absolute atomic E-state index is 0.00627. The molecule has 39 heavy (non-hydrogen) atoms. The molecule has 0 aromatic heterocycles. The number of amides is 2. The highest BCUT2D eigenvalue weighted by Crippen LogP contribution is 2.38. The van der Waals surface area contributed by atoms with E-state index in [1.165, 1.54) is 12.0 Å². The van der Waals surface area contributed by atoms with Crippen molar-refractivity contribution in [2.24, 2.45) is 11.8 Å². The van der Waals surface area contributed by atoms with E-state index in [-0.39, 0.29) is 17.7 Å². The van der Waals surface area contributed by atoms with Gasteiger partial charge in [-0.05, 0) is 91.8 Å². The molecule has 2 amide bonds. The second-order valence-corrected chi connectivity index (χ2v) is 10.6. The summed E-state index contributed by atoms with van der Waals surface area (Å²) in [5, 5.41) is 3.12. The molecule has 2 aromatic rings. The van der Waals surface area contributed by atoms with E-state index in [0.717, 1.165) is 55.7 Å². The molecule has 2 aliphatic rings. The number of likely N-dealkylation sites (tertiary alicyclic amines) is 1. The zero-order valence-electron chi connectivity index (χ0n) is 23.7. The van der Waals surface area contributed by atoms with E-state index in [4.69, 9.17) is 14.2 Å². The van der Waals surface area contributed by atoms with Gasteiger partial charge in [-0.1, -0.05) is 25.5 Å². The fourth-order valence-electron chi connectivity index (χ4n) is 5.82. The van der Waals surface area contributed by atoms with Crippen molar-refractivity contribution in [3.8, 4) is 17.2 Å². The predicted molar refractivity (Wildman–Crippen MR) is 154 cm³/mol. The summed E-state index contributed by atoms with van der Waals surface area (Å²) in [6.45, 7) is 3.66. The van der Waals surface area contributed by atoms with Crippen LogP contribution in [-0.4, -0.2) is 51.1 Å². The Bertz CT molecular complexity index is 1120. The lowest BCUT2D eigenvalue weighted by Crippen LogP contribution is -2.36. The van der Waals surface area contributed by atoms with E-state index in [9.17, 15) is 9.59 Å². The number of nitrogens with zero attached hydrogens (tertiary/aromatic N) is 1. The largest absolute Gasteiger partial charge is 0.493 e. The van der Waals surface area contributed by atoms with Crippen molar-refractivity contribution < 1.29 is 23.8 Å². The fraction of sp³-hybridized carbons (Fsp3) is 0.500. The second kappa shape index (κ2) is 13.5. The van der Waals surface area contributed by atoms with Gasteiger partial charge in [0.05, 0.1) is 21.3 Å². The predicted octanol–water partition coefficient (Wildman–Crippen LogP) is 6.29. The van der Waals surface area contributed by atoms with Gasteiger partial charge in [-0.15, -0.1) is 0 Å². The first-order chi connectivity index (χ1) is 18.9. The zero-order chi connectivity index (χ0) is 27.8. The van der Waals surface area contributed by atoms with Gasteiger partial charge in [0.1, 0.15) is 0 Å². The van der Waals surface area contributed by atoms with E-state index in [1.54, 1.807) is 33.5 Å². The summed E-state index contributed by atoms with van der Waals surface area (Å²) >= 11 is 0. The third kappa shape index (κ3) is 7.14. The van der Waals surface area contributed by atoms with Gasteiger partial charge in [0.15, 0.2) is 11.5 Å². The lowest BCUT2D eigenvalue weighted by molar-refractivity contribution is -0.127. The molecule has 7 heteroatoms. The molecular weight excluding hydrogens is 492 g/mol. The van der Waals surface area contributed by atoms with Crippen LogP contribution in [0.25, 0.3) is 6.08 Å². The van der Waals surface area contributed by atoms with Gasteiger partial charge in [-0.25, -0.2) is 0 Å². The van der Waals surface area contributed by atoms with Crippen LogP contribution < -0.4 is 19.5 Å². The van der Waals surface area contributed by atoms with E-state index >= 15 is 0 Å². The van der Waals surface area contributed by atoms with Gasteiger partial charge < -0.3 is 24.4 Å². The normalized spacial score (nSPS) is 20.1. The highest BCUT2D eigenvalue weighted by molar-refractivity contribution is 5.93. The van der Waals surface area contributed by atoms with Crippen molar-refractivity contribution in [2.45, 2.75) is 57.8 Å². The number of hydrogen-bond acceptors (Lipinski definition) is 5. The van der Waals surface area contributed by atoms with Crippen LogP contribution >= 0.6 is 0 Å². The standard InChI is InChI=1S/C32H42N2O5/c1-5-22-6-9-26(10-7-22)32(36)33-27-13-11-24(12-14-27)25-16-18-34(19-17-25)30(35)15-8-23-20-28(37-2)31(39-4)29(21-23)38-3/h8,11-15,20-22,25-26H,5-7,9-10,16-19H2,1-4H3,(H,33,36)/b15-8+. The number of rotatable bonds is 9. The number of carbonyl (C=O) groups is 2. The van der Waals surface area contributed by atoms with Crippen molar-refractivity contribution in [1.29, 1.82) is 0 Å². The van der Waals surface area contributed by atoms with Crippen LogP contribution in [0.1, 0.15) is 68.9 Å². The minimum atomic E-state index is -0.00627. The number of hydrogen-bond donors (Lipinski definition) is 1. The first-order valence-corrected chi connectivity index (χ1v) is 14.1. The maximum atomic E-state index is 12.9. The molecule has 0 bridgehead atoms. The summed E-state index contributed by atoms with van der Waals surface area (Å²) in [5.74, 6) is 3.10. The summed E-state index contributed by atoms with van der Waals surface area (Å²) < 4.78 is 16.2. The van der Waals surface area contributed by atoms with Crippen molar-refractivity contribution >= 4 is 23.6 Å². The van der Waals surface area contributed by atoms with Gasteiger partial charge >= 0.3 is 0 Å². The first kappa shape index (κ1) is 28.5. The maximum absolute atomic E-state index is 12.9. The molecule has 7 nitrogen and oxygen atoms in total. The number of benzene rings is 2. The van der Waals surface area contributed by atoms with Crippen LogP contribution in [0.4, 0.5) is 5.69 Å². The number of carbonyl (C=O) groups excluding carboxylic acids is 2. The van der Waals surface area contributed by atoms with Crippen molar-refractivity contribution in [1.82, 2.24) is 4.90 Å². The Morgan fingerprint density at radius 2 is 1.51 bits per heavy atom. The van der Waals surface area contributed by atoms with E-state index in [2.05, 4.69) is 24.4 Å². The lowest BCUT2D eigenvalue weighted by Gasteiger charge is -2.31. The minimum Gasteiger partial charge on any atom is -0.493 e. The van der Waals surface area contributed by atoms with Crippen LogP contribution in [0.5, 0.6) is 17.2 Å². The van der Waals surface area contributed by atoms with Crippen LogP contribution in [-0.2, 0) is 9.59 Å². The first-order valence-electron chi connectivity index (χ1n) is 14.1.